The largest absolute Gasteiger partial charge is 0.508 e. The van der Waals surface area contributed by atoms with Gasteiger partial charge in [-0.3, -0.25) is 0 Å². The minimum Gasteiger partial charge on any atom is -0.508 e. The van der Waals surface area contributed by atoms with Crippen molar-refractivity contribution < 1.29 is 9.84 Å². The Kier molecular flexibility index (Phi) is 5.15. The molecule has 84 valence electrons. The van der Waals surface area contributed by atoms with Gasteiger partial charge < -0.3 is 15.2 Å². The standard InChI is InChI=1S/C12H19NO2/c1-10(13-8-5-9-15-2)11-6-3-4-7-12(11)14/h3-4,6-7,10,13-14H,5,8-9H2,1-2H3. The van der Waals surface area contributed by atoms with Crippen LogP contribution in [0.15, 0.2) is 24.3 Å². The summed E-state index contributed by atoms with van der Waals surface area (Å²) < 4.78 is 4.96. The number of rotatable bonds is 6. The normalized spacial score (nSPS) is 12.7. The van der Waals surface area contributed by atoms with E-state index in [0.717, 1.165) is 25.1 Å². The van der Waals surface area contributed by atoms with Crippen LogP contribution in [0.4, 0.5) is 0 Å². The molecule has 1 rings (SSSR count). The second-order valence-corrected chi connectivity index (χ2v) is 3.58. The molecule has 0 heterocycles. The van der Waals surface area contributed by atoms with Gasteiger partial charge in [-0.15, -0.1) is 0 Å². The van der Waals surface area contributed by atoms with E-state index < -0.39 is 0 Å². The lowest BCUT2D eigenvalue weighted by Gasteiger charge is -2.15. The average molecular weight is 209 g/mol. The number of para-hydroxylation sites is 1. The van der Waals surface area contributed by atoms with Crippen LogP contribution in [0.5, 0.6) is 5.75 Å². The molecule has 0 radical (unpaired) electrons. The molecule has 3 nitrogen and oxygen atoms in total. The molecule has 0 spiro atoms. The smallest absolute Gasteiger partial charge is 0.120 e. The highest BCUT2D eigenvalue weighted by molar-refractivity contribution is 5.33. The fourth-order valence-electron chi connectivity index (χ4n) is 1.50. The van der Waals surface area contributed by atoms with Gasteiger partial charge in [0.05, 0.1) is 0 Å². The fourth-order valence-corrected chi connectivity index (χ4v) is 1.50. The van der Waals surface area contributed by atoms with Crippen LogP contribution in [-0.2, 0) is 4.74 Å². The molecule has 0 bridgehead atoms. The van der Waals surface area contributed by atoms with Gasteiger partial charge in [0.1, 0.15) is 5.75 Å². The van der Waals surface area contributed by atoms with Crippen molar-refractivity contribution in [3.05, 3.63) is 29.8 Å². The summed E-state index contributed by atoms with van der Waals surface area (Å²) in [5.41, 5.74) is 0.940. The Bertz CT molecular complexity index is 289. The summed E-state index contributed by atoms with van der Waals surface area (Å²) in [6.07, 6.45) is 0.981. The van der Waals surface area contributed by atoms with E-state index in [-0.39, 0.29) is 6.04 Å². The Morgan fingerprint density at radius 2 is 2.13 bits per heavy atom. The number of phenolic OH excluding ortho intramolecular Hbond substituents is 1. The van der Waals surface area contributed by atoms with Gasteiger partial charge >= 0.3 is 0 Å². The first-order chi connectivity index (χ1) is 7.25. The van der Waals surface area contributed by atoms with Crippen LogP contribution in [0.1, 0.15) is 24.9 Å². The summed E-state index contributed by atoms with van der Waals surface area (Å²) in [5.74, 6) is 0.351. The third-order valence-electron chi connectivity index (χ3n) is 2.38. The van der Waals surface area contributed by atoms with Crippen LogP contribution in [0.25, 0.3) is 0 Å². The molecule has 0 aromatic heterocycles. The number of methoxy groups -OCH3 is 1. The van der Waals surface area contributed by atoms with Crippen LogP contribution < -0.4 is 5.32 Å². The quantitative estimate of drug-likeness (QED) is 0.705. The maximum absolute atomic E-state index is 9.62. The highest BCUT2D eigenvalue weighted by Crippen LogP contribution is 2.22. The fraction of sp³-hybridized carbons (Fsp3) is 0.500. The van der Waals surface area contributed by atoms with Crippen molar-refractivity contribution in [2.75, 3.05) is 20.3 Å². The van der Waals surface area contributed by atoms with Crippen LogP contribution in [-0.4, -0.2) is 25.4 Å². The number of ether oxygens (including phenoxy) is 1. The zero-order chi connectivity index (χ0) is 11.1. The summed E-state index contributed by atoms with van der Waals surface area (Å²) >= 11 is 0. The SMILES string of the molecule is COCCCNC(C)c1ccccc1O. The molecule has 1 aromatic carbocycles. The van der Waals surface area contributed by atoms with Crippen LogP contribution in [0, 0.1) is 0 Å². The first-order valence-corrected chi connectivity index (χ1v) is 5.26. The lowest BCUT2D eigenvalue weighted by molar-refractivity contribution is 0.193. The minimum atomic E-state index is 0.169. The summed E-state index contributed by atoms with van der Waals surface area (Å²) in [5, 5.41) is 13.0. The van der Waals surface area contributed by atoms with Gasteiger partial charge in [-0.1, -0.05) is 18.2 Å². The number of aromatic hydroxyl groups is 1. The highest BCUT2D eigenvalue weighted by atomic mass is 16.5. The molecule has 1 aromatic rings. The van der Waals surface area contributed by atoms with Crippen LogP contribution in [0.3, 0.4) is 0 Å². The molecular formula is C12H19NO2. The molecule has 0 fully saturated rings. The Labute approximate surface area is 91.1 Å². The van der Waals surface area contributed by atoms with E-state index in [4.69, 9.17) is 4.74 Å². The summed E-state index contributed by atoms with van der Waals surface area (Å²) in [6, 6.07) is 7.58. The van der Waals surface area contributed by atoms with Gasteiger partial charge in [0.15, 0.2) is 0 Å². The summed E-state index contributed by atoms with van der Waals surface area (Å²) in [4.78, 5) is 0. The Balaban J connectivity index is 2.40. The van der Waals surface area contributed by atoms with Gasteiger partial charge in [0.25, 0.3) is 0 Å². The van der Waals surface area contributed by atoms with E-state index in [2.05, 4.69) is 5.32 Å². The summed E-state index contributed by atoms with van der Waals surface area (Å²) in [6.45, 7) is 3.70. The van der Waals surface area contributed by atoms with Gasteiger partial charge in [-0.05, 0) is 26.0 Å². The van der Waals surface area contributed by atoms with Gasteiger partial charge in [-0.25, -0.2) is 0 Å². The number of hydrogen-bond donors (Lipinski definition) is 2. The highest BCUT2D eigenvalue weighted by Gasteiger charge is 2.07. The zero-order valence-electron chi connectivity index (χ0n) is 9.36. The van der Waals surface area contributed by atoms with E-state index in [1.807, 2.05) is 25.1 Å². The first-order valence-electron chi connectivity index (χ1n) is 5.26. The molecule has 0 aliphatic rings. The average Bonchev–Trinajstić information content (AvgIpc) is 2.25. The predicted molar refractivity (Wildman–Crippen MR) is 61.0 cm³/mol. The second kappa shape index (κ2) is 6.43. The molecule has 1 atom stereocenters. The molecule has 0 amide bonds. The topological polar surface area (TPSA) is 41.5 Å². The van der Waals surface area contributed by atoms with E-state index >= 15 is 0 Å². The number of nitrogens with one attached hydrogen (secondary N) is 1. The second-order valence-electron chi connectivity index (χ2n) is 3.58. The monoisotopic (exact) mass is 209 g/mol. The molecule has 15 heavy (non-hydrogen) atoms. The number of phenols is 1. The Hall–Kier alpha value is -1.06. The lowest BCUT2D eigenvalue weighted by atomic mass is 10.1. The van der Waals surface area contributed by atoms with Crippen LogP contribution in [0.2, 0.25) is 0 Å². The molecular weight excluding hydrogens is 190 g/mol. The van der Waals surface area contributed by atoms with E-state index in [0.29, 0.717) is 5.75 Å². The van der Waals surface area contributed by atoms with E-state index in [1.54, 1.807) is 13.2 Å². The third-order valence-corrected chi connectivity index (χ3v) is 2.38. The molecule has 0 aliphatic carbocycles. The van der Waals surface area contributed by atoms with Crippen molar-refractivity contribution >= 4 is 0 Å². The number of benzene rings is 1. The molecule has 0 saturated carbocycles. The lowest BCUT2D eigenvalue weighted by Crippen LogP contribution is -2.20. The maximum Gasteiger partial charge on any atom is 0.120 e. The van der Waals surface area contributed by atoms with Gasteiger partial charge in [-0.2, -0.15) is 0 Å². The van der Waals surface area contributed by atoms with Crippen molar-refractivity contribution in [2.45, 2.75) is 19.4 Å². The Morgan fingerprint density at radius 1 is 1.40 bits per heavy atom. The molecule has 0 saturated heterocycles. The third kappa shape index (κ3) is 3.90. The van der Waals surface area contributed by atoms with Gasteiger partial charge in [0, 0.05) is 25.3 Å². The minimum absolute atomic E-state index is 0.169. The van der Waals surface area contributed by atoms with Crippen molar-refractivity contribution in [1.82, 2.24) is 5.32 Å². The molecule has 1 unspecified atom stereocenters. The zero-order valence-corrected chi connectivity index (χ0v) is 9.36. The maximum atomic E-state index is 9.62. The van der Waals surface area contributed by atoms with E-state index in [9.17, 15) is 5.11 Å². The van der Waals surface area contributed by atoms with Crippen molar-refractivity contribution in [1.29, 1.82) is 0 Å². The first kappa shape index (κ1) is 12.0. The van der Waals surface area contributed by atoms with E-state index in [1.165, 1.54) is 0 Å². The van der Waals surface area contributed by atoms with Crippen molar-refractivity contribution in [3.8, 4) is 5.75 Å². The van der Waals surface area contributed by atoms with Crippen molar-refractivity contribution in [3.63, 3.8) is 0 Å². The Morgan fingerprint density at radius 3 is 2.80 bits per heavy atom. The molecule has 2 N–H and O–H groups in total. The summed E-state index contributed by atoms with van der Waals surface area (Å²) in [7, 11) is 1.70. The predicted octanol–water partition coefficient (Wildman–Crippen LogP) is 2.08. The number of hydrogen-bond acceptors (Lipinski definition) is 3. The van der Waals surface area contributed by atoms with Gasteiger partial charge in [0.2, 0.25) is 0 Å². The van der Waals surface area contributed by atoms with Crippen molar-refractivity contribution in [2.24, 2.45) is 0 Å². The molecule has 3 heteroatoms. The van der Waals surface area contributed by atoms with Crippen LogP contribution >= 0.6 is 0 Å². The molecule has 0 aliphatic heterocycles.